The number of hydrogen-bond acceptors (Lipinski definition) is 4. The highest BCUT2D eigenvalue weighted by atomic mass is 16.6. The normalized spacial score (nSPS) is 19.9. The SMILES string of the molecule is Cc1c(CNC(C)C2CCCN2C(=O)OC(C)(C)C)cnn1C. The Kier molecular flexibility index (Phi) is 5.34. The Morgan fingerprint density at radius 1 is 1.52 bits per heavy atom. The molecule has 0 radical (unpaired) electrons. The number of carbonyl (C=O) groups is 1. The molecule has 2 unspecified atom stereocenters. The summed E-state index contributed by atoms with van der Waals surface area (Å²) < 4.78 is 7.41. The molecule has 0 spiro atoms. The van der Waals surface area contributed by atoms with Gasteiger partial charge in [-0.15, -0.1) is 0 Å². The Bertz CT molecular complexity index is 547. The van der Waals surface area contributed by atoms with Crippen molar-refractivity contribution in [1.82, 2.24) is 20.0 Å². The quantitative estimate of drug-likeness (QED) is 0.926. The zero-order valence-electron chi connectivity index (χ0n) is 15.2. The molecule has 2 atom stereocenters. The largest absolute Gasteiger partial charge is 0.444 e. The Balaban J connectivity index is 1.93. The van der Waals surface area contributed by atoms with Gasteiger partial charge in [0.25, 0.3) is 0 Å². The summed E-state index contributed by atoms with van der Waals surface area (Å²) in [4.78, 5) is 14.2. The maximum absolute atomic E-state index is 12.4. The minimum Gasteiger partial charge on any atom is -0.444 e. The third-order valence-electron chi connectivity index (χ3n) is 4.46. The summed E-state index contributed by atoms with van der Waals surface area (Å²) in [6.07, 6.45) is 3.74. The zero-order valence-corrected chi connectivity index (χ0v) is 15.2. The van der Waals surface area contributed by atoms with E-state index in [2.05, 4.69) is 24.3 Å². The molecule has 2 heterocycles. The van der Waals surface area contributed by atoms with Gasteiger partial charge in [0.05, 0.1) is 12.2 Å². The predicted octanol–water partition coefficient (Wildman–Crippen LogP) is 2.61. The molecule has 6 nitrogen and oxygen atoms in total. The van der Waals surface area contributed by atoms with Crippen LogP contribution in [0.4, 0.5) is 4.79 Å². The fraction of sp³-hybridized carbons (Fsp3) is 0.765. The number of likely N-dealkylation sites (tertiary alicyclic amines) is 1. The van der Waals surface area contributed by atoms with Crippen molar-refractivity contribution in [3.63, 3.8) is 0 Å². The van der Waals surface area contributed by atoms with Crippen molar-refractivity contribution in [3.05, 3.63) is 17.5 Å². The first-order chi connectivity index (χ1) is 10.7. The van der Waals surface area contributed by atoms with E-state index in [9.17, 15) is 4.79 Å². The van der Waals surface area contributed by atoms with Crippen molar-refractivity contribution in [3.8, 4) is 0 Å². The second kappa shape index (κ2) is 6.91. The molecule has 1 aliphatic rings. The van der Waals surface area contributed by atoms with Gasteiger partial charge in [-0.2, -0.15) is 5.10 Å². The molecule has 0 saturated carbocycles. The predicted molar refractivity (Wildman–Crippen MR) is 90.2 cm³/mol. The Hall–Kier alpha value is -1.56. The number of hydrogen-bond donors (Lipinski definition) is 1. The number of ether oxygens (including phenoxy) is 1. The summed E-state index contributed by atoms with van der Waals surface area (Å²) in [5, 5.41) is 7.81. The molecule has 1 saturated heterocycles. The minimum absolute atomic E-state index is 0.182. The molecule has 0 aliphatic carbocycles. The van der Waals surface area contributed by atoms with Gasteiger partial charge in [-0.05, 0) is 47.5 Å². The van der Waals surface area contributed by atoms with Crippen LogP contribution in [-0.4, -0.2) is 45.0 Å². The summed E-state index contributed by atoms with van der Waals surface area (Å²) in [6, 6.07) is 0.395. The number of carbonyl (C=O) groups excluding carboxylic acids is 1. The van der Waals surface area contributed by atoms with E-state index >= 15 is 0 Å². The standard InChI is InChI=1S/C17H30N4O2/c1-12(18-10-14-11-19-20(6)13(14)2)15-8-7-9-21(15)16(22)23-17(3,4)5/h11-12,15,18H,7-10H2,1-6H3. The summed E-state index contributed by atoms with van der Waals surface area (Å²) in [5.41, 5.74) is 1.91. The lowest BCUT2D eigenvalue weighted by Gasteiger charge is -2.32. The number of nitrogens with zero attached hydrogens (tertiary/aromatic N) is 3. The Labute approximate surface area is 139 Å². The van der Waals surface area contributed by atoms with Gasteiger partial charge in [0.15, 0.2) is 0 Å². The van der Waals surface area contributed by atoms with Crippen LogP contribution in [0.3, 0.4) is 0 Å². The zero-order chi connectivity index (χ0) is 17.2. The first-order valence-corrected chi connectivity index (χ1v) is 8.39. The van der Waals surface area contributed by atoms with Crippen molar-refractivity contribution >= 4 is 6.09 Å². The van der Waals surface area contributed by atoms with E-state index in [4.69, 9.17) is 4.74 Å². The molecule has 130 valence electrons. The van der Waals surface area contributed by atoms with Crippen LogP contribution in [0.2, 0.25) is 0 Å². The molecule has 1 aliphatic heterocycles. The fourth-order valence-corrected chi connectivity index (χ4v) is 2.98. The van der Waals surface area contributed by atoms with Crippen LogP contribution >= 0.6 is 0 Å². The monoisotopic (exact) mass is 322 g/mol. The van der Waals surface area contributed by atoms with Gasteiger partial charge in [-0.25, -0.2) is 4.79 Å². The van der Waals surface area contributed by atoms with E-state index in [-0.39, 0.29) is 18.2 Å². The maximum atomic E-state index is 12.4. The number of aromatic nitrogens is 2. The highest BCUT2D eigenvalue weighted by molar-refractivity contribution is 5.69. The molecule has 23 heavy (non-hydrogen) atoms. The van der Waals surface area contributed by atoms with Crippen molar-refractivity contribution in [2.45, 2.75) is 71.7 Å². The lowest BCUT2D eigenvalue weighted by molar-refractivity contribution is 0.0200. The van der Waals surface area contributed by atoms with Gasteiger partial charge in [0, 0.05) is 37.4 Å². The van der Waals surface area contributed by atoms with Gasteiger partial charge >= 0.3 is 6.09 Å². The van der Waals surface area contributed by atoms with Crippen LogP contribution in [0.25, 0.3) is 0 Å². The summed E-state index contributed by atoms with van der Waals surface area (Å²) in [6.45, 7) is 11.5. The van der Waals surface area contributed by atoms with Gasteiger partial charge < -0.3 is 15.0 Å². The second-order valence-electron chi connectivity index (χ2n) is 7.43. The molecule has 1 aromatic heterocycles. The smallest absolute Gasteiger partial charge is 0.410 e. The second-order valence-corrected chi connectivity index (χ2v) is 7.43. The molecule has 1 aromatic rings. The molecule has 2 rings (SSSR count). The lowest BCUT2D eigenvalue weighted by Crippen LogP contribution is -2.48. The summed E-state index contributed by atoms with van der Waals surface area (Å²) >= 11 is 0. The van der Waals surface area contributed by atoms with E-state index in [0.717, 1.165) is 25.9 Å². The van der Waals surface area contributed by atoms with Crippen LogP contribution < -0.4 is 5.32 Å². The molecule has 0 bridgehead atoms. The average molecular weight is 322 g/mol. The van der Waals surface area contributed by atoms with Gasteiger partial charge in [0.1, 0.15) is 5.60 Å². The molecular weight excluding hydrogens is 292 g/mol. The number of rotatable bonds is 4. The van der Waals surface area contributed by atoms with Gasteiger partial charge in [-0.1, -0.05) is 0 Å². The van der Waals surface area contributed by atoms with E-state index in [1.165, 1.54) is 11.3 Å². The minimum atomic E-state index is -0.451. The topological polar surface area (TPSA) is 59.4 Å². The van der Waals surface area contributed by atoms with Crippen LogP contribution in [0.5, 0.6) is 0 Å². The fourth-order valence-electron chi connectivity index (χ4n) is 2.98. The first-order valence-electron chi connectivity index (χ1n) is 8.39. The van der Waals surface area contributed by atoms with Crippen LogP contribution in [-0.2, 0) is 18.3 Å². The van der Waals surface area contributed by atoms with Crippen LogP contribution in [0.1, 0.15) is 51.8 Å². The van der Waals surface area contributed by atoms with Crippen molar-refractivity contribution < 1.29 is 9.53 Å². The third kappa shape index (κ3) is 4.47. The lowest BCUT2D eigenvalue weighted by atomic mass is 10.1. The third-order valence-corrected chi connectivity index (χ3v) is 4.46. The number of amides is 1. The first kappa shape index (κ1) is 17.8. The highest BCUT2D eigenvalue weighted by Crippen LogP contribution is 2.23. The van der Waals surface area contributed by atoms with Gasteiger partial charge in [0.2, 0.25) is 0 Å². The Morgan fingerprint density at radius 3 is 2.78 bits per heavy atom. The van der Waals surface area contributed by atoms with Crippen molar-refractivity contribution in [1.29, 1.82) is 0 Å². The number of nitrogens with one attached hydrogen (secondary N) is 1. The van der Waals surface area contributed by atoms with E-state index in [0.29, 0.717) is 0 Å². The summed E-state index contributed by atoms with van der Waals surface area (Å²) in [7, 11) is 1.95. The molecule has 6 heteroatoms. The van der Waals surface area contributed by atoms with E-state index in [1.807, 2.05) is 43.6 Å². The average Bonchev–Trinajstić information content (AvgIpc) is 3.04. The van der Waals surface area contributed by atoms with Crippen LogP contribution in [0, 0.1) is 6.92 Å². The van der Waals surface area contributed by atoms with Crippen LogP contribution in [0.15, 0.2) is 6.20 Å². The molecule has 1 fully saturated rings. The number of aryl methyl sites for hydroxylation is 1. The molecular formula is C17H30N4O2. The molecule has 1 amide bonds. The van der Waals surface area contributed by atoms with Gasteiger partial charge in [-0.3, -0.25) is 4.68 Å². The van der Waals surface area contributed by atoms with E-state index in [1.54, 1.807) is 0 Å². The highest BCUT2D eigenvalue weighted by Gasteiger charge is 2.35. The molecule has 0 aromatic carbocycles. The van der Waals surface area contributed by atoms with E-state index < -0.39 is 5.60 Å². The summed E-state index contributed by atoms with van der Waals surface area (Å²) in [5.74, 6) is 0. The molecule has 1 N–H and O–H groups in total. The Morgan fingerprint density at radius 2 is 2.22 bits per heavy atom. The van der Waals surface area contributed by atoms with Crippen molar-refractivity contribution in [2.24, 2.45) is 7.05 Å². The van der Waals surface area contributed by atoms with Crippen molar-refractivity contribution in [2.75, 3.05) is 6.54 Å². The maximum Gasteiger partial charge on any atom is 0.410 e.